The summed E-state index contributed by atoms with van der Waals surface area (Å²) in [7, 11) is 1.61. The van der Waals surface area contributed by atoms with Crippen molar-refractivity contribution in [3.05, 3.63) is 22.2 Å². The Labute approximate surface area is 144 Å². The maximum absolute atomic E-state index is 9.17. The Morgan fingerprint density at radius 1 is 1.05 bits per heavy atom. The average molecular weight is 375 g/mol. The van der Waals surface area contributed by atoms with Crippen molar-refractivity contribution in [2.75, 3.05) is 13.7 Å². The molecule has 0 aliphatic heterocycles. The maximum Gasteiger partial charge on any atom is 0.175 e. The second-order valence-corrected chi connectivity index (χ2v) is 5.74. The van der Waals surface area contributed by atoms with E-state index < -0.39 is 0 Å². The van der Waals surface area contributed by atoms with Gasteiger partial charge in [-0.2, -0.15) is 0 Å². The van der Waals surface area contributed by atoms with Crippen LogP contribution >= 0.6 is 15.9 Å². The SMILES string of the molecule is CC.CCCCCCCCOc1c(Br)cc(CO)cc1OC. The number of aliphatic hydroxyl groups excluding tert-OH is 1. The first-order valence-corrected chi connectivity index (χ1v) is 9.12. The molecular weight excluding hydrogens is 344 g/mol. The number of methoxy groups -OCH3 is 1. The average Bonchev–Trinajstić information content (AvgIpc) is 2.56. The Morgan fingerprint density at radius 2 is 1.68 bits per heavy atom. The number of unbranched alkanes of at least 4 members (excludes halogenated alkanes) is 5. The molecular formula is C18H31BrO3. The van der Waals surface area contributed by atoms with Crippen molar-refractivity contribution in [1.29, 1.82) is 0 Å². The van der Waals surface area contributed by atoms with Gasteiger partial charge in [0.05, 0.1) is 24.8 Å². The van der Waals surface area contributed by atoms with Crippen LogP contribution in [0.1, 0.15) is 64.9 Å². The van der Waals surface area contributed by atoms with Crippen molar-refractivity contribution < 1.29 is 14.6 Å². The third kappa shape index (κ3) is 8.04. The van der Waals surface area contributed by atoms with Crippen LogP contribution in [0.2, 0.25) is 0 Å². The molecule has 0 spiro atoms. The predicted octanol–water partition coefficient (Wildman–Crippen LogP) is 5.72. The fourth-order valence-corrected chi connectivity index (χ4v) is 2.67. The molecule has 0 aromatic heterocycles. The summed E-state index contributed by atoms with van der Waals surface area (Å²) in [6, 6.07) is 3.67. The molecule has 1 aromatic rings. The minimum atomic E-state index is -0.00727. The number of halogens is 1. The number of rotatable bonds is 10. The molecule has 128 valence electrons. The molecule has 4 heteroatoms. The van der Waals surface area contributed by atoms with E-state index in [9.17, 15) is 5.11 Å². The largest absolute Gasteiger partial charge is 0.493 e. The minimum absolute atomic E-state index is 0.00727. The lowest BCUT2D eigenvalue weighted by Crippen LogP contribution is -2.01. The Bertz CT molecular complexity index is 394. The summed E-state index contributed by atoms with van der Waals surface area (Å²) in [6.07, 6.45) is 7.45. The topological polar surface area (TPSA) is 38.7 Å². The van der Waals surface area contributed by atoms with Gasteiger partial charge in [-0.05, 0) is 40.0 Å². The van der Waals surface area contributed by atoms with Crippen LogP contribution in [0.4, 0.5) is 0 Å². The van der Waals surface area contributed by atoms with E-state index in [2.05, 4.69) is 22.9 Å². The molecule has 3 nitrogen and oxygen atoms in total. The summed E-state index contributed by atoms with van der Waals surface area (Å²) >= 11 is 3.47. The van der Waals surface area contributed by atoms with E-state index >= 15 is 0 Å². The van der Waals surface area contributed by atoms with Gasteiger partial charge in [-0.3, -0.25) is 0 Å². The molecule has 0 heterocycles. The summed E-state index contributed by atoms with van der Waals surface area (Å²) in [4.78, 5) is 0. The van der Waals surface area contributed by atoms with E-state index in [4.69, 9.17) is 9.47 Å². The highest BCUT2D eigenvalue weighted by molar-refractivity contribution is 9.10. The van der Waals surface area contributed by atoms with Crippen molar-refractivity contribution in [3.63, 3.8) is 0 Å². The van der Waals surface area contributed by atoms with Gasteiger partial charge in [0.1, 0.15) is 0 Å². The second kappa shape index (κ2) is 13.9. The predicted molar refractivity (Wildman–Crippen MR) is 96.8 cm³/mol. The Hall–Kier alpha value is -0.740. The lowest BCUT2D eigenvalue weighted by atomic mass is 10.1. The Balaban J connectivity index is 0.00000211. The zero-order chi connectivity index (χ0) is 16.8. The number of benzene rings is 1. The van der Waals surface area contributed by atoms with E-state index in [0.717, 1.165) is 22.2 Å². The maximum atomic E-state index is 9.17. The van der Waals surface area contributed by atoms with Crippen LogP contribution in [-0.2, 0) is 6.61 Å². The molecule has 1 aromatic carbocycles. The van der Waals surface area contributed by atoms with Gasteiger partial charge in [0.2, 0.25) is 0 Å². The monoisotopic (exact) mass is 374 g/mol. The molecule has 1 N–H and O–H groups in total. The molecule has 0 atom stereocenters. The van der Waals surface area contributed by atoms with Crippen molar-refractivity contribution in [2.45, 2.75) is 65.9 Å². The zero-order valence-electron chi connectivity index (χ0n) is 14.5. The smallest absolute Gasteiger partial charge is 0.175 e. The van der Waals surface area contributed by atoms with Gasteiger partial charge in [0.15, 0.2) is 11.5 Å². The normalized spacial score (nSPS) is 9.91. The minimum Gasteiger partial charge on any atom is -0.493 e. The summed E-state index contributed by atoms with van der Waals surface area (Å²) in [5, 5.41) is 9.17. The third-order valence-corrected chi connectivity index (χ3v) is 3.81. The van der Waals surface area contributed by atoms with Crippen molar-refractivity contribution in [2.24, 2.45) is 0 Å². The van der Waals surface area contributed by atoms with Crippen molar-refractivity contribution in [3.8, 4) is 11.5 Å². The summed E-state index contributed by atoms with van der Waals surface area (Å²) < 4.78 is 11.9. The molecule has 0 saturated carbocycles. The van der Waals surface area contributed by atoms with Crippen molar-refractivity contribution in [1.82, 2.24) is 0 Å². The molecule has 0 bridgehead atoms. The highest BCUT2D eigenvalue weighted by Gasteiger charge is 2.11. The highest BCUT2D eigenvalue weighted by atomic mass is 79.9. The quantitative estimate of drug-likeness (QED) is 0.532. The number of ether oxygens (including phenoxy) is 2. The molecule has 0 fully saturated rings. The summed E-state index contributed by atoms with van der Waals surface area (Å²) in [5.41, 5.74) is 0.806. The van der Waals surface area contributed by atoms with Crippen LogP contribution in [-0.4, -0.2) is 18.8 Å². The van der Waals surface area contributed by atoms with Gasteiger partial charge in [-0.15, -0.1) is 0 Å². The first-order chi connectivity index (χ1) is 10.7. The van der Waals surface area contributed by atoms with Crippen LogP contribution < -0.4 is 9.47 Å². The van der Waals surface area contributed by atoms with E-state index in [1.54, 1.807) is 13.2 Å². The fourth-order valence-electron chi connectivity index (χ4n) is 2.06. The fraction of sp³-hybridized carbons (Fsp3) is 0.667. The Kier molecular flexibility index (Phi) is 13.4. The van der Waals surface area contributed by atoms with Crippen LogP contribution in [0.3, 0.4) is 0 Å². The first kappa shape index (κ1) is 21.3. The molecule has 0 amide bonds. The second-order valence-electron chi connectivity index (χ2n) is 4.88. The molecule has 22 heavy (non-hydrogen) atoms. The van der Waals surface area contributed by atoms with Crippen LogP contribution in [0.5, 0.6) is 11.5 Å². The molecule has 0 radical (unpaired) electrons. The lowest BCUT2D eigenvalue weighted by molar-refractivity contribution is 0.273. The molecule has 0 aliphatic carbocycles. The molecule has 0 unspecified atom stereocenters. The standard InChI is InChI=1S/C16H25BrO3.C2H6/c1-3-4-5-6-7-8-9-20-16-14(17)10-13(12-18)11-15(16)19-2;1-2/h10-11,18H,3-9,12H2,1-2H3;1-2H3. The number of hydrogen-bond acceptors (Lipinski definition) is 3. The lowest BCUT2D eigenvalue weighted by Gasteiger charge is -2.13. The van der Waals surface area contributed by atoms with E-state index in [-0.39, 0.29) is 6.61 Å². The van der Waals surface area contributed by atoms with Crippen LogP contribution in [0.15, 0.2) is 16.6 Å². The number of aliphatic hydroxyl groups is 1. The van der Waals surface area contributed by atoms with E-state index in [0.29, 0.717) is 12.4 Å². The first-order valence-electron chi connectivity index (χ1n) is 8.33. The summed E-state index contributed by atoms with van der Waals surface area (Å²) in [5.74, 6) is 1.38. The van der Waals surface area contributed by atoms with E-state index in [1.165, 1.54) is 32.1 Å². The van der Waals surface area contributed by atoms with Gasteiger partial charge < -0.3 is 14.6 Å². The Morgan fingerprint density at radius 3 is 2.27 bits per heavy atom. The molecule has 1 rings (SSSR count). The zero-order valence-corrected chi connectivity index (χ0v) is 16.0. The molecule has 0 aliphatic rings. The van der Waals surface area contributed by atoms with Crippen LogP contribution in [0, 0.1) is 0 Å². The third-order valence-electron chi connectivity index (χ3n) is 3.22. The highest BCUT2D eigenvalue weighted by Crippen LogP contribution is 2.36. The van der Waals surface area contributed by atoms with Gasteiger partial charge >= 0.3 is 0 Å². The van der Waals surface area contributed by atoms with Crippen molar-refractivity contribution >= 4 is 15.9 Å². The van der Waals surface area contributed by atoms with Crippen LogP contribution in [0.25, 0.3) is 0 Å². The molecule has 0 saturated heterocycles. The van der Waals surface area contributed by atoms with Gasteiger partial charge in [-0.1, -0.05) is 52.9 Å². The number of hydrogen-bond donors (Lipinski definition) is 1. The summed E-state index contributed by atoms with van der Waals surface area (Å²) in [6.45, 7) is 6.91. The van der Waals surface area contributed by atoms with Gasteiger partial charge in [0, 0.05) is 0 Å². The van der Waals surface area contributed by atoms with Gasteiger partial charge in [-0.25, -0.2) is 0 Å². The van der Waals surface area contributed by atoms with E-state index in [1.807, 2.05) is 19.9 Å². The van der Waals surface area contributed by atoms with Gasteiger partial charge in [0.25, 0.3) is 0 Å².